The Morgan fingerprint density at radius 1 is 1.24 bits per heavy atom. The molecule has 1 aromatic heterocycles. The summed E-state index contributed by atoms with van der Waals surface area (Å²) in [5, 5.41) is 0. The molecule has 0 aliphatic rings. The number of ether oxygens (including phenoxy) is 2. The Hall–Kier alpha value is -2.56. The highest BCUT2D eigenvalue weighted by molar-refractivity contribution is 5.90. The number of nitrogens with two attached hydrogens (primary N) is 1. The summed E-state index contributed by atoms with van der Waals surface area (Å²) in [5.41, 5.74) is 7.98. The average Bonchev–Trinajstić information content (AvgIpc) is 2.53. The number of nitrogens with zero attached hydrogens (tertiary/aromatic N) is 1. The average molecular weight is 286 g/mol. The van der Waals surface area contributed by atoms with Crippen molar-refractivity contribution in [3.05, 3.63) is 53.9 Å². The van der Waals surface area contributed by atoms with Gasteiger partial charge in [0.15, 0.2) is 0 Å². The Bertz CT molecular complexity index is 600. The van der Waals surface area contributed by atoms with Gasteiger partial charge < -0.3 is 15.2 Å². The van der Waals surface area contributed by atoms with E-state index in [9.17, 15) is 4.79 Å². The lowest BCUT2D eigenvalue weighted by Gasteiger charge is -2.10. The van der Waals surface area contributed by atoms with Gasteiger partial charge in [-0.1, -0.05) is 0 Å². The van der Waals surface area contributed by atoms with Crippen LogP contribution in [0.1, 0.15) is 22.3 Å². The summed E-state index contributed by atoms with van der Waals surface area (Å²) < 4.78 is 10.3. The molecule has 5 heteroatoms. The summed E-state index contributed by atoms with van der Waals surface area (Å²) in [6.07, 6.45) is 5.30. The summed E-state index contributed by atoms with van der Waals surface area (Å²) in [6.45, 7) is 0.525. The number of pyridine rings is 1. The number of carbonyl (C=O) groups is 1. The van der Waals surface area contributed by atoms with Gasteiger partial charge in [0.1, 0.15) is 5.75 Å². The van der Waals surface area contributed by atoms with Crippen molar-refractivity contribution in [2.24, 2.45) is 0 Å². The second kappa shape index (κ2) is 7.28. The predicted molar refractivity (Wildman–Crippen MR) is 80.2 cm³/mol. The van der Waals surface area contributed by atoms with E-state index in [1.165, 1.54) is 12.7 Å². The minimum Gasteiger partial charge on any atom is -0.491 e. The van der Waals surface area contributed by atoms with Crippen LogP contribution in [-0.4, -0.2) is 24.7 Å². The summed E-state index contributed by atoms with van der Waals surface area (Å²) in [4.78, 5) is 15.4. The normalized spacial score (nSPS) is 10.1. The maximum absolute atomic E-state index is 11.5. The monoisotopic (exact) mass is 286 g/mol. The van der Waals surface area contributed by atoms with Gasteiger partial charge in [0.2, 0.25) is 0 Å². The van der Waals surface area contributed by atoms with Crippen LogP contribution in [0.3, 0.4) is 0 Å². The van der Waals surface area contributed by atoms with E-state index in [0.29, 0.717) is 23.6 Å². The molecule has 110 valence electrons. The SMILES string of the molecule is COC(=O)c1ccc(N)c(OCCCc2ccncc2)c1. The fourth-order valence-corrected chi connectivity index (χ4v) is 1.91. The van der Waals surface area contributed by atoms with Crippen molar-refractivity contribution >= 4 is 11.7 Å². The number of aromatic nitrogens is 1. The molecule has 2 aromatic rings. The number of esters is 1. The number of methoxy groups -OCH3 is 1. The Kier molecular flexibility index (Phi) is 5.15. The third-order valence-electron chi connectivity index (χ3n) is 3.05. The van der Waals surface area contributed by atoms with E-state index in [-0.39, 0.29) is 0 Å². The van der Waals surface area contributed by atoms with E-state index >= 15 is 0 Å². The lowest BCUT2D eigenvalue weighted by atomic mass is 10.1. The van der Waals surface area contributed by atoms with E-state index < -0.39 is 5.97 Å². The molecule has 2 rings (SSSR count). The van der Waals surface area contributed by atoms with Crippen molar-refractivity contribution in [1.29, 1.82) is 0 Å². The molecule has 21 heavy (non-hydrogen) atoms. The van der Waals surface area contributed by atoms with E-state index in [1.807, 2.05) is 12.1 Å². The van der Waals surface area contributed by atoms with Crippen LogP contribution in [0.2, 0.25) is 0 Å². The molecule has 0 fully saturated rings. The molecule has 0 bridgehead atoms. The van der Waals surface area contributed by atoms with Crippen LogP contribution in [0.5, 0.6) is 5.75 Å². The van der Waals surface area contributed by atoms with Crippen LogP contribution in [0.4, 0.5) is 5.69 Å². The van der Waals surface area contributed by atoms with Crippen molar-refractivity contribution < 1.29 is 14.3 Å². The van der Waals surface area contributed by atoms with E-state index in [2.05, 4.69) is 9.72 Å². The highest BCUT2D eigenvalue weighted by Crippen LogP contribution is 2.23. The van der Waals surface area contributed by atoms with Gasteiger partial charge in [0, 0.05) is 12.4 Å². The summed E-state index contributed by atoms with van der Waals surface area (Å²) in [5.74, 6) is 0.101. The minimum absolute atomic E-state index is 0.406. The van der Waals surface area contributed by atoms with Crippen molar-refractivity contribution in [3.63, 3.8) is 0 Å². The Labute approximate surface area is 123 Å². The lowest BCUT2D eigenvalue weighted by Crippen LogP contribution is -2.05. The highest BCUT2D eigenvalue weighted by atomic mass is 16.5. The second-order valence-corrected chi connectivity index (χ2v) is 4.55. The van der Waals surface area contributed by atoms with Gasteiger partial charge >= 0.3 is 5.97 Å². The number of nitrogen functional groups attached to an aromatic ring is 1. The van der Waals surface area contributed by atoms with Crippen molar-refractivity contribution in [3.8, 4) is 5.75 Å². The molecule has 0 aliphatic carbocycles. The lowest BCUT2D eigenvalue weighted by molar-refractivity contribution is 0.0600. The molecule has 1 heterocycles. The van der Waals surface area contributed by atoms with Crippen LogP contribution in [0.15, 0.2) is 42.7 Å². The number of rotatable bonds is 6. The first-order chi connectivity index (χ1) is 10.2. The Morgan fingerprint density at radius 3 is 2.71 bits per heavy atom. The van der Waals surface area contributed by atoms with Gasteiger partial charge in [-0.15, -0.1) is 0 Å². The van der Waals surface area contributed by atoms with Crippen LogP contribution >= 0.6 is 0 Å². The molecular formula is C16H18N2O3. The van der Waals surface area contributed by atoms with Crippen LogP contribution in [-0.2, 0) is 11.2 Å². The van der Waals surface area contributed by atoms with E-state index in [1.54, 1.807) is 30.6 Å². The first-order valence-corrected chi connectivity index (χ1v) is 6.70. The fourth-order valence-electron chi connectivity index (χ4n) is 1.91. The molecule has 0 spiro atoms. The van der Waals surface area contributed by atoms with E-state index in [0.717, 1.165) is 12.8 Å². The minimum atomic E-state index is -0.406. The molecule has 2 N–H and O–H groups in total. The molecule has 0 unspecified atom stereocenters. The molecular weight excluding hydrogens is 268 g/mol. The molecule has 0 saturated heterocycles. The summed E-state index contributed by atoms with van der Waals surface area (Å²) in [7, 11) is 1.34. The number of anilines is 1. The second-order valence-electron chi connectivity index (χ2n) is 4.55. The number of aryl methyl sites for hydroxylation is 1. The molecule has 5 nitrogen and oxygen atoms in total. The molecule has 0 aliphatic heterocycles. The van der Waals surface area contributed by atoms with E-state index in [4.69, 9.17) is 10.5 Å². The highest BCUT2D eigenvalue weighted by Gasteiger charge is 2.09. The molecule has 0 atom stereocenters. The van der Waals surface area contributed by atoms with Crippen LogP contribution in [0.25, 0.3) is 0 Å². The quantitative estimate of drug-likeness (QED) is 0.501. The largest absolute Gasteiger partial charge is 0.491 e. The Balaban J connectivity index is 1.89. The van der Waals surface area contributed by atoms with Gasteiger partial charge in [-0.25, -0.2) is 4.79 Å². The van der Waals surface area contributed by atoms with Crippen molar-refractivity contribution in [1.82, 2.24) is 4.98 Å². The van der Waals surface area contributed by atoms with Crippen LogP contribution in [0, 0.1) is 0 Å². The van der Waals surface area contributed by atoms with Gasteiger partial charge in [0.05, 0.1) is 25.0 Å². The number of carbonyl (C=O) groups excluding carboxylic acids is 1. The molecule has 0 saturated carbocycles. The zero-order valence-electron chi connectivity index (χ0n) is 11.9. The third-order valence-corrected chi connectivity index (χ3v) is 3.05. The number of hydrogen-bond donors (Lipinski definition) is 1. The summed E-state index contributed by atoms with van der Waals surface area (Å²) >= 11 is 0. The Morgan fingerprint density at radius 2 is 2.00 bits per heavy atom. The summed E-state index contributed by atoms with van der Waals surface area (Å²) in [6, 6.07) is 8.82. The standard InChI is InChI=1S/C16H18N2O3/c1-20-16(19)13-4-5-14(17)15(11-13)21-10-2-3-12-6-8-18-9-7-12/h4-9,11H,2-3,10,17H2,1H3. The molecule has 0 amide bonds. The smallest absolute Gasteiger partial charge is 0.337 e. The molecule has 1 aromatic carbocycles. The maximum Gasteiger partial charge on any atom is 0.337 e. The fraction of sp³-hybridized carbons (Fsp3) is 0.250. The van der Waals surface area contributed by atoms with Gasteiger partial charge in [-0.05, 0) is 48.7 Å². The van der Waals surface area contributed by atoms with Gasteiger partial charge in [0.25, 0.3) is 0 Å². The van der Waals surface area contributed by atoms with Crippen molar-refractivity contribution in [2.45, 2.75) is 12.8 Å². The van der Waals surface area contributed by atoms with Crippen molar-refractivity contribution in [2.75, 3.05) is 19.5 Å². The molecule has 0 radical (unpaired) electrons. The first-order valence-electron chi connectivity index (χ1n) is 6.70. The maximum atomic E-state index is 11.5. The first kappa shape index (κ1) is 14.8. The van der Waals surface area contributed by atoms with Gasteiger partial charge in [-0.2, -0.15) is 0 Å². The predicted octanol–water partition coefficient (Wildman–Crippen LogP) is 2.46. The number of hydrogen-bond acceptors (Lipinski definition) is 5. The zero-order valence-corrected chi connectivity index (χ0v) is 11.9. The van der Waals surface area contributed by atoms with Gasteiger partial charge in [-0.3, -0.25) is 4.98 Å². The zero-order chi connectivity index (χ0) is 15.1. The topological polar surface area (TPSA) is 74.4 Å². The van der Waals surface area contributed by atoms with Crippen LogP contribution < -0.4 is 10.5 Å². The number of benzene rings is 1. The third kappa shape index (κ3) is 4.21.